The van der Waals surface area contributed by atoms with E-state index in [1.165, 1.54) is 0 Å². The zero-order valence-corrected chi connectivity index (χ0v) is 20.2. The van der Waals surface area contributed by atoms with E-state index >= 15 is 0 Å². The monoisotopic (exact) mass is 495 g/mol. The highest BCUT2D eigenvalue weighted by Gasteiger charge is 2.44. The van der Waals surface area contributed by atoms with E-state index in [9.17, 15) is 9.59 Å². The number of amides is 2. The van der Waals surface area contributed by atoms with Crippen LogP contribution in [0.1, 0.15) is 47.5 Å². The first kappa shape index (κ1) is 22.1. The summed E-state index contributed by atoms with van der Waals surface area (Å²) in [6.45, 7) is 11.0. The van der Waals surface area contributed by atoms with E-state index in [0.717, 1.165) is 23.7 Å². The highest BCUT2D eigenvalue weighted by atomic mass is 79.9. The average Bonchev–Trinajstić information content (AvgIpc) is 3.06. The maximum atomic E-state index is 12.5. The number of carbonyl (C=O) groups is 2. The molecule has 0 saturated carbocycles. The number of fused-ring (bicyclic) bond motifs is 3. The van der Waals surface area contributed by atoms with Gasteiger partial charge in [-0.25, -0.2) is 10.2 Å². The zero-order chi connectivity index (χ0) is 22.6. The van der Waals surface area contributed by atoms with E-state index in [1.54, 1.807) is 4.90 Å². The third-order valence-electron chi connectivity index (χ3n) is 5.97. The van der Waals surface area contributed by atoms with Crippen LogP contribution in [0.3, 0.4) is 0 Å². The number of hydrogen-bond acceptors (Lipinski definition) is 7. The number of carbonyl (C=O) groups excluding carboxylic acids is 2. The van der Waals surface area contributed by atoms with Gasteiger partial charge in [-0.1, -0.05) is 15.9 Å². The highest BCUT2D eigenvalue weighted by molar-refractivity contribution is 9.10. The Morgan fingerprint density at radius 3 is 2.90 bits per heavy atom. The van der Waals surface area contributed by atoms with Gasteiger partial charge in [-0.2, -0.15) is 5.10 Å². The fourth-order valence-corrected chi connectivity index (χ4v) is 4.99. The first-order valence-corrected chi connectivity index (χ1v) is 11.6. The van der Waals surface area contributed by atoms with E-state index in [4.69, 9.17) is 14.5 Å². The van der Waals surface area contributed by atoms with E-state index in [2.05, 4.69) is 33.4 Å². The van der Waals surface area contributed by atoms with Crippen LogP contribution in [0.25, 0.3) is 0 Å². The van der Waals surface area contributed by atoms with Crippen molar-refractivity contribution in [1.82, 2.24) is 15.2 Å². The van der Waals surface area contributed by atoms with E-state index < -0.39 is 5.60 Å². The van der Waals surface area contributed by atoms with Crippen LogP contribution >= 0.6 is 15.9 Å². The van der Waals surface area contributed by atoms with Crippen molar-refractivity contribution in [3.8, 4) is 0 Å². The minimum Gasteiger partial charge on any atom is -0.488 e. The number of nitrogens with zero attached hydrogens (tertiary/aromatic N) is 4. The van der Waals surface area contributed by atoms with Gasteiger partial charge in [0.05, 0.1) is 16.4 Å². The van der Waals surface area contributed by atoms with Crippen LogP contribution in [0.5, 0.6) is 0 Å². The second-order valence-electron chi connectivity index (χ2n) is 9.82. The second kappa shape index (κ2) is 7.79. The van der Waals surface area contributed by atoms with Gasteiger partial charge in [0.1, 0.15) is 24.0 Å². The number of amidine groups is 1. The standard InChI is InChI=1S/C21H30BrN5O4/c1-12-18(28)25-24-17-10-30-16-8-13(22)14(9-15(16)27(12)17)23-21(5)6-7-26(11-21)19(29)31-20(2,3)4/h8,12-13,15H,6-7,9-11H2,1-5H3,(H,25,28). The Hall–Kier alpha value is -2.10. The van der Waals surface area contributed by atoms with Gasteiger partial charge in [0.25, 0.3) is 5.91 Å². The molecule has 2 amide bonds. The van der Waals surface area contributed by atoms with Crippen molar-refractivity contribution in [3.63, 3.8) is 0 Å². The number of halogens is 1. The molecule has 1 N–H and O–H groups in total. The van der Waals surface area contributed by atoms with Gasteiger partial charge < -0.3 is 19.3 Å². The fraction of sp³-hybridized carbons (Fsp3) is 0.714. The van der Waals surface area contributed by atoms with Crippen molar-refractivity contribution in [2.45, 2.75) is 75.5 Å². The quantitative estimate of drug-likeness (QED) is 0.563. The molecule has 3 aliphatic heterocycles. The summed E-state index contributed by atoms with van der Waals surface area (Å²) in [6, 6.07) is -0.448. The largest absolute Gasteiger partial charge is 0.488 e. The fourth-order valence-electron chi connectivity index (χ4n) is 4.44. The van der Waals surface area contributed by atoms with Crippen LogP contribution in [0, 0.1) is 0 Å². The minimum absolute atomic E-state index is 0.0569. The lowest BCUT2D eigenvalue weighted by atomic mass is 9.92. The van der Waals surface area contributed by atoms with Crippen molar-refractivity contribution < 1.29 is 19.1 Å². The van der Waals surface area contributed by atoms with Gasteiger partial charge in [-0.05, 0) is 47.1 Å². The lowest BCUT2D eigenvalue weighted by Crippen LogP contribution is -2.61. The van der Waals surface area contributed by atoms with Crippen LogP contribution in [0.4, 0.5) is 4.79 Å². The minimum atomic E-state index is -0.523. The molecule has 3 heterocycles. The molecule has 2 fully saturated rings. The summed E-state index contributed by atoms with van der Waals surface area (Å²) in [4.78, 5) is 33.5. The molecular weight excluding hydrogens is 466 g/mol. The zero-order valence-electron chi connectivity index (χ0n) is 18.6. The summed E-state index contributed by atoms with van der Waals surface area (Å²) in [5, 5.41) is 4.17. The smallest absolute Gasteiger partial charge is 0.410 e. The van der Waals surface area contributed by atoms with Gasteiger partial charge in [0.2, 0.25) is 0 Å². The Balaban J connectivity index is 1.53. The van der Waals surface area contributed by atoms with Crippen molar-refractivity contribution >= 4 is 39.5 Å². The number of hydrazone groups is 1. The number of nitrogens with one attached hydrogen (secondary N) is 1. The van der Waals surface area contributed by atoms with Gasteiger partial charge in [-0.3, -0.25) is 9.79 Å². The lowest BCUT2D eigenvalue weighted by Gasteiger charge is -2.46. The van der Waals surface area contributed by atoms with Crippen LogP contribution in [-0.4, -0.2) is 81.1 Å². The van der Waals surface area contributed by atoms with Crippen LogP contribution in [0.15, 0.2) is 21.9 Å². The molecule has 0 bridgehead atoms. The molecule has 0 aromatic carbocycles. The summed E-state index contributed by atoms with van der Waals surface area (Å²) in [5.41, 5.74) is 2.63. The average molecular weight is 496 g/mol. The van der Waals surface area contributed by atoms with E-state index in [0.29, 0.717) is 26.1 Å². The maximum absolute atomic E-state index is 12.5. The number of alkyl halides is 1. The van der Waals surface area contributed by atoms with E-state index in [-0.39, 0.29) is 34.5 Å². The molecular formula is C21H30BrN5O4. The number of aliphatic imine (C=N–C) groups is 1. The molecule has 2 saturated heterocycles. The predicted octanol–water partition coefficient (Wildman–Crippen LogP) is 2.41. The topological polar surface area (TPSA) is 95.8 Å². The Kier molecular flexibility index (Phi) is 5.56. The first-order valence-electron chi connectivity index (χ1n) is 10.7. The van der Waals surface area contributed by atoms with Gasteiger partial charge >= 0.3 is 6.09 Å². The molecule has 4 rings (SSSR count). The number of hydrogen-bond donors (Lipinski definition) is 1. The third-order valence-corrected chi connectivity index (χ3v) is 6.76. The van der Waals surface area contributed by atoms with Gasteiger partial charge in [-0.15, -0.1) is 0 Å². The van der Waals surface area contributed by atoms with Crippen molar-refractivity contribution in [2.75, 3.05) is 19.7 Å². The summed E-state index contributed by atoms with van der Waals surface area (Å²) in [7, 11) is 0. The van der Waals surface area contributed by atoms with Crippen LogP contribution in [-0.2, 0) is 14.3 Å². The number of likely N-dealkylation sites (tertiary alicyclic amines) is 1. The summed E-state index contributed by atoms with van der Waals surface area (Å²) < 4.78 is 11.4. The summed E-state index contributed by atoms with van der Waals surface area (Å²) in [5.74, 6) is 1.44. The normalized spacial score (nSPS) is 34.3. The number of morpholine rings is 1. The Morgan fingerprint density at radius 1 is 1.45 bits per heavy atom. The number of allylic oxidation sites excluding steroid dienone is 1. The SMILES string of the molecule is CC1C(=O)NN=C2COC3=CC(Br)C(=NC4(C)CCN(C(=O)OC(C)(C)C)C4)CC3N21. The Labute approximate surface area is 191 Å². The van der Waals surface area contributed by atoms with Crippen LogP contribution < -0.4 is 5.43 Å². The van der Waals surface area contributed by atoms with Crippen molar-refractivity contribution in [3.05, 3.63) is 11.8 Å². The molecule has 0 spiro atoms. The van der Waals surface area contributed by atoms with Crippen LogP contribution in [0.2, 0.25) is 0 Å². The molecule has 9 nitrogen and oxygen atoms in total. The second-order valence-corrected chi connectivity index (χ2v) is 10.8. The highest BCUT2D eigenvalue weighted by Crippen LogP contribution is 2.35. The predicted molar refractivity (Wildman–Crippen MR) is 120 cm³/mol. The van der Waals surface area contributed by atoms with E-state index in [1.807, 2.05) is 38.7 Å². The third kappa shape index (κ3) is 4.44. The van der Waals surface area contributed by atoms with Crippen molar-refractivity contribution in [2.24, 2.45) is 10.1 Å². The molecule has 0 radical (unpaired) electrons. The summed E-state index contributed by atoms with van der Waals surface area (Å²) in [6.07, 6.45) is 3.11. The molecule has 0 aromatic heterocycles. The molecule has 4 atom stereocenters. The van der Waals surface area contributed by atoms with Gasteiger partial charge in [0.15, 0.2) is 5.84 Å². The molecule has 4 aliphatic rings. The molecule has 10 heteroatoms. The Morgan fingerprint density at radius 2 is 2.19 bits per heavy atom. The number of ether oxygens (including phenoxy) is 2. The molecule has 31 heavy (non-hydrogen) atoms. The van der Waals surface area contributed by atoms with Gasteiger partial charge in [0, 0.05) is 25.2 Å². The first-order chi connectivity index (χ1) is 14.5. The maximum Gasteiger partial charge on any atom is 0.410 e. The molecule has 4 unspecified atom stereocenters. The Bertz CT molecular complexity index is 879. The lowest BCUT2D eigenvalue weighted by molar-refractivity contribution is -0.126. The molecule has 1 aliphatic carbocycles. The molecule has 0 aromatic rings. The van der Waals surface area contributed by atoms with Crippen molar-refractivity contribution in [1.29, 1.82) is 0 Å². The summed E-state index contributed by atoms with van der Waals surface area (Å²) >= 11 is 3.73. The molecule has 170 valence electrons. The number of rotatable bonds is 1.